The van der Waals surface area contributed by atoms with Gasteiger partial charge >= 0.3 is 0 Å². The lowest BCUT2D eigenvalue weighted by Gasteiger charge is -2.21. The molecule has 98 valence electrons. The maximum Gasteiger partial charge on any atom is 0.168 e. The first-order valence-corrected chi connectivity index (χ1v) is 6.10. The van der Waals surface area contributed by atoms with Gasteiger partial charge < -0.3 is 14.2 Å². The molecule has 1 aromatic rings. The van der Waals surface area contributed by atoms with Crippen molar-refractivity contribution in [3.63, 3.8) is 0 Å². The third kappa shape index (κ3) is 2.64. The van der Waals surface area contributed by atoms with E-state index in [1.807, 2.05) is 0 Å². The zero-order valence-electron chi connectivity index (χ0n) is 10.8. The third-order valence-electron chi connectivity index (χ3n) is 3.20. The van der Waals surface area contributed by atoms with Crippen molar-refractivity contribution in [3.05, 3.63) is 23.8 Å². The Hall–Kier alpha value is -1.55. The van der Waals surface area contributed by atoms with E-state index in [1.165, 1.54) is 0 Å². The fourth-order valence-corrected chi connectivity index (χ4v) is 2.17. The molecular formula is C14H18O4. The highest BCUT2D eigenvalue weighted by atomic mass is 16.5. The zero-order chi connectivity index (χ0) is 13.0. The van der Waals surface area contributed by atoms with Crippen LogP contribution in [-0.2, 0) is 4.74 Å². The molecule has 4 nitrogen and oxygen atoms in total. The van der Waals surface area contributed by atoms with Gasteiger partial charge in [-0.25, -0.2) is 0 Å². The molecule has 0 saturated carbocycles. The van der Waals surface area contributed by atoms with Gasteiger partial charge in [-0.05, 0) is 31.0 Å². The highest BCUT2D eigenvalue weighted by Gasteiger charge is 2.23. The Morgan fingerprint density at radius 3 is 2.67 bits per heavy atom. The number of benzene rings is 1. The van der Waals surface area contributed by atoms with Gasteiger partial charge in [0.2, 0.25) is 0 Å². The molecule has 1 aliphatic rings. The Morgan fingerprint density at radius 1 is 1.28 bits per heavy atom. The lowest BCUT2D eigenvalue weighted by Crippen LogP contribution is -2.25. The van der Waals surface area contributed by atoms with Crippen molar-refractivity contribution in [1.82, 2.24) is 0 Å². The minimum atomic E-state index is -0.0307. The minimum absolute atomic E-state index is 0.0307. The van der Waals surface area contributed by atoms with Crippen LogP contribution in [0.25, 0.3) is 0 Å². The number of methoxy groups -OCH3 is 2. The van der Waals surface area contributed by atoms with Crippen LogP contribution in [-0.4, -0.2) is 33.2 Å². The summed E-state index contributed by atoms with van der Waals surface area (Å²) in [6, 6.07) is 5.27. The van der Waals surface area contributed by atoms with E-state index < -0.39 is 0 Å². The molecular weight excluding hydrogens is 232 g/mol. The average molecular weight is 250 g/mol. The van der Waals surface area contributed by atoms with E-state index in [4.69, 9.17) is 14.2 Å². The van der Waals surface area contributed by atoms with Gasteiger partial charge in [0.15, 0.2) is 17.3 Å². The molecule has 2 rings (SSSR count). The van der Waals surface area contributed by atoms with E-state index in [-0.39, 0.29) is 11.7 Å². The van der Waals surface area contributed by atoms with Crippen LogP contribution in [0.15, 0.2) is 18.2 Å². The van der Waals surface area contributed by atoms with E-state index >= 15 is 0 Å². The first-order chi connectivity index (χ1) is 8.76. The second-order valence-electron chi connectivity index (χ2n) is 4.35. The number of ketones is 1. The maximum atomic E-state index is 12.3. The number of hydrogen-bond donors (Lipinski definition) is 0. The average Bonchev–Trinajstić information content (AvgIpc) is 2.46. The monoisotopic (exact) mass is 250 g/mol. The van der Waals surface area contributed by atoms with Gasteiger partial charge in [-0.15, -0.1) is 0 Å². The van der Waals surface area contributed by atoms with Crippen molar-refractivity contribution in [2.24, 2.45) is 5.92 Å². The predicted molar refractivity (Wildman–Crippen MR) is 67.4 cm³/mol. The van der Waals surface area contributed by atoms with Crippen LogP contribution < -0.4 is 9.47 Å². The number of rotatable bonds is 4. The summed E-state index contributed by atoms with van der Waals surface area (Å²) < 4.78 is 15.7. The highest BCUT2D eigenvalue weighted by Crippen LogP contribution is 2.29. The number of carbonyl (C=O) groups is 1. The van der Waals surface area contributed by atoms with Crippen molar-refractivity contribution >= 4 is 5.78 Å². The fourth-order valence-electron chi connectivity index (χ4n) is 2.17. The molecule has 1 unspecified atom stereocenters. The molecule has 0 radical (unpaired) electrons. The van der Waals surface area contributed by atoms with Crippen LogP contribution in [0.4, 0.5) is 0 Å². The van der Waals surface area contributed by atoms with Gasteiger partial charge in [0, 0.05) is 18.1 Å². The molecule has 0 aromatic heterocycles. The van der Waals surface area contributed by atoms with E-state index in [1.54, 1.807) is 32.4 Å². The van der Waals surface area contributed by atoms with Crippen molar-refractivity contribution in [1.29, 1.82) is 0 Å². The van der Waals surface area contributed by atoms with Crippen molar-refractivity contribution < 1.29 is 19.0 Å². The number of Topliss-reactive ketones (excluding diaryl/α,β-unsaturated/α-hetero) is 1. The van der Waals surface area contributed by atoms with E-state index in [0.29, 0.717) is 23.7 Å². The number of carbonyl (C=O) groups excluding carboxylic acids is 1. The Kier molecular flexibility index (Phi) is 4.20. The van der Waals surface area contributed by atoms with E-state index in [9.17, 15) is 4.79 Å². The van der Waals surface area contributed by atoms with E-state index in [2.05, 4.69) is 0 Å². The molecule has 1 fully saturated rings. The van der Waals surface area contributed by atoms with Gasteiger partial charge in [0.1, 0.15) is 0 Å². The number of ether oxygens (including phenoxy) is 3. The molecule has 0 aliphatic carbocycles. The van der Waals surface area contributed by atoms with Gasteiger partial charge in [-0.3, -0.25) is 4.79 Å². The first-order valence-electron chi connectivity index (χ1n) is 6.10. The molecule has 1 heterocycles. The lowest BCUT2D eigenvalue weighted by atomic mass is 9.92. The largest absolute Gasteiger partial charge is 0.493 e. The molecule has 0 bridgehead atoms. The second kappa shape index (κ2) is 5.87. The van der Waals surface area contributed by atoms with Crippen molar-refractivity contribution in [2.45, 2.75) is 12.8 Å². The topological polar surface area (TPSA) is 44.8 Å². The van der Waals surface area contributed by atoms with Gasteiger partial charge in [-0.2, -0.15) is 0 Å². The molecule has 18 heavy (non-hydrogen) atoms. The Balaban J connectivity index is 2.19. The van der Waals surface area contributed by atoms with Crippen LogP contribution in [0.5, 0.6) is 11.5 Å². The normalized spacial score (nSPS) is 19.3. The van der Waals surface area contributed by atoms with Crippen LogP contribution in [0.1, 0.15) is 23.2 Å². The maximum absolute atomic E-state index is 12.3. The quantitative estimate of drug-likeness (QED) is 0.769. The molecule has 1 aliphatic heterocycles. The molecule has 1 aromatic carbocycles. The molecule has 4 heteroatoms. The molecule has 0 N–H and O–H groups in total. The summed E-state index contributed by atoms with van der Waals surface area (Å²) in [5, 5.41) is 0. The summed E-state index contributed by atoms with van der Waals surface area (Å²) in [6.45, 7) is 1.28. The second-order valence-corrected chi connectivity index (χ2v) is 4.35. The van der Waals surface area contributed by atoms with E-state index in [0.717, 1.165) is 19.4 Å². The lowest BCUT2D eigenvalue weighted by molar-refractivity contribution is 0.0461. The van der Waals surface area contributed by atoms with Gasteiger partial charge in [-0.1, -0.05) is 0 Å². The minimum Gasteiger partial charge on any atom is -0.493 e. The summed E-state index contributed by atoms with van der Waals surface area (Å²) in [5.74, 6) is 1.31. The summed E-state index contributed by atoms with van der Waals surface area (Å²) in [6.07, 6.45) is 1.84. The molecule has 0 amide bonds. The fraction of sp³-hybridized carbons (Fsp3) is 0.500. The molecule has 0 spiro atoms. The Morgan fingerprint density at radius 2 is 2.06 bits per heavy atom. The predicted octanol–water partition coefficient (Wildman–Crippen LogP) is 2.31. The smallest absolute Gasteiger partial charge is 0.168 e. The highest BCUT2D eigenvalue weighted by molar-refractivity contribution is 5.98. The SMILES string of the molecule is COc1ccc(C(=O)C2CCCOC2)cc1OC. The number of hydrogen-bond acceptors (Lipinski definition) is 4. The van der Waals surface area contributed by atoms with Crippen LogP contribution in [0, 0.1) is 5.92 Å². The van der Waals surface area contributed by atoms with Crippen molar-refractivity contribution in [2.75, 3.05) is 27.4 Å². The summed E-state index contributed by atoms with van der Waals surface area (Å²) in [4.78, 5) is 12.3. The van der Waals surface area contributed by atoms with Crippen LogP contribution in [0.3, 0.4) is 0 Å². The van der Waals surface area contributed by atoms with Crippen molar-refractivity contribution in [3.8, 4) is 11.5 Å². The summed E-state index contributed by atoms with van der Waals surface area (Å²) >= 11 is 0. The molecule has 1 saturated heterocycles. The van der Waals surface area contributed by atoms with Crippen LogP contribution >= 0.6 is 0 Å². The Labute approximate surface area is 107 Å². The Bertz CT molecular complexity index is 422. The third-order valence-corrected chi connectivity index (χ3v) is 3.20. The first kappa shape index (κ1) is 12.9. The zero-order valence-corrected chi connectivity index (χ0v) is 10.8. The molecule has 1 atom stereocenters. The van der Waals surface area contributed by atoms with Gasteiger partial charge in [0.25, 0.3) is 0 Å². The van der Waals surface area contributed by atoms with Gasteiger partial charge in [0.05, 0.1) is 20.8 Å². The summed E-state index contributed by atoms with van der Waals surface area (Å²) in [7, 11) is 3.14. The van der Waals surface area contributed by atoms with Crippen LogP contribution in [0.2, 0.25) is 0 Å². The standard InChI is InChI=1S/C14H18O4/c1-16-12-6-5-10(8-13(12)17-2)14(15)11-4-3-7-18-9-11/h5-6,8,11H,3-4,7,9H2,1-2H3. The summed E-state index contributed by atoms with van der Waals surface area (Å²) in [5.41, 5.74) is 0.656.